The molecule has 0 N–H and O–H groups in total. The van der Waals surface area contributed by atoms with Gasteiger partial charge in [-0.25, -0.2) is 0 Å². The van der Waals surface area contributed by atoms with Crippen molar-refractivity contribution in [1.82, 2.24) is 0 Å². The average Bonchev–Trinajstić information content (AvgIpc) is 3.34. The van der Waals surface area contributed by atoms with Gasteiger partial charge in [-0.3, -0.25) is 0 Å². The molecule has 1 aliphatic carbocycles. The molecule has 3 nitrogen and oxygen atoms in total. The number of nitrogens with zero attached hydrogens (tertiary/aromatic N) is 3. The highest BCUT2D eigenvalue weighted by Crippen LogP contribution is 2.62. The van der Waals surface area contributed by atoms with Crippen molar-refractivity contribution in [2.45, 2.75) is 71.3 Å². The topological polar surface area (TPSA) is 9.72 Å². The lowest BCUT2D eigenvalue weighted by atomic mass is 9.33. The third-order valence-electron chi connectivity index (χ3n) is 12.9. The molecule has 1 saturated carbocycles. The first-order valence-electron chi connectivity index (χ1n) is 18.8. The minimum absolute atomic E-state index is 0.0421. The van der Waals surface area contributed by atoms with Gasteiger partial charge in [-0.2, -0.15) is 0 Å². The fraction of sp³-hybridized carbons (Fsp3) is 0.234. The predicted molar refractivity (Wildman–Crippen MR) is 217 cm³/mol. The number of rotatable bonds is 4. The van der Waals surface area contributed by atoms with Crippen LogP contribution >= 0.6 is 0 Å². The third-order valence-corrected chi connectivity index (χ3v) is 12.9. The van der Waals surface area contributed by atoms with E-state index in [0.29, 0.717) is 0 Å². The van der Waals surface area contributed by atoms with Crippen LogP contribution in [-0.4, -0.2) is 12.3 Å². The third kappa shape index (κ3) is 4.20. The molecule has 0 radical (unpaired) electrons. The van der Waals surface area contributed by atoms with Crippen LogP contribution in [0.5, 0.6) is 0 Å². The molecule has 0 aromatic heterocycles. The van der Waals surface area contributed by atoms with Crippen molar-refractivity contribution in [3.63, 3.8) is 0 Å². The molecule has 51 heavy (non-hydrogen) atoms. The molecule has 6 aromatic rings. The Balaban J connectivity index is 1.35. The number of hydrogen-bond donors (Lipinski definition) is 0. The Morgan fingerprint density at radius 1 is 0.569 bits per heavy atom. The smallest absolute Gasteiger partial charge is 0.252 e. The zero-order valence-electron chi connectivity index (χ0n) is 30.4. The van der Waals surface area contributed by atoms with Gasteiger partial charge in [0.25, 0.3) is 6.71 Å². The molecule has 0 bridgehead atoms. The molecule has 10 rings (SSSR count). The summed E-state index contributed by atoms with van der Waals surface area (Å²) in [5.74, 6) is 0. The van der Waals surface area contributed by atoms with Crippen LogP contribution in [0, 0.1) is 20.8 Å². The maximum Gasteiger partial charge on any atom is 0.252 e. The van der Waals surface area contributed by atoms with E-state index in [4.69, 9.17) is 0 Å². The van der Waals surface area contributed by atoms with Crippen LogP contribution in [0.25, 0.3) is 0 Å². The first kappa shape index (κ1) is 30.6. The number of aryl methyl sites for hydroxylation is 3. The summed E-state index contributed by atoms with van der Waals surface area (Å²) in [4.78, 5) is 7.87. The van der Waals surface area contributed by atoms with Crippen molar-refractivity contribution in [2.24, 2.45) is 0 Å². The molecule has 2 unspecified atom stereocenters. The monoisotopic (exact) mass is 661 g/mol. The van der Waals surface area contributed by atoms with Gasteiger partial charge < -0.3 is 14.7 Å². The van der Waals surface area contributed by atoms with Crippen molar-refractivity contribution >= 4 is 68.6 Å². The second-order valence-electron chi connectivity index (χ2n) is 16.0. The highest BCUT2D eigenvalue weighted by Gasteiger charge is 2.61. The lowest BCUT2D eigenvalue weighted by Crippen LogP contribution is -2.64. The van der Waals surface area contributed by atoms with Crippen LogP contribution in [0.4, 0.5) is 45.5 Å². The lowest BCUT2D eigenvalue weighted by molar-refractivity contribution is 0.195. The summed E-state index contributed by atoms with van der Waals surface area (Å²) in [7, 11) is 0. The van der Waals surface area contributed by atoms with Crippen LogP contribution < -0.4 is 31.1 Å². The van der Waals surface area contributed by atoms with Crippen LogP contribution in [0.3, 0.4) is 0 Å². The van der Waals surface area contributed by atoms with E-state index in [9.17, 15) is 0 Å². The molecule has 3 heterocycles. The van der Waals surface area contributed by atoms with Gasteiger partial charge in [0.2, 0.25) is 0 Å². The Morgan fingerprint density at radius 2 is 1.24 bits per heavy atom. The predicted octanol–water partition coefficient (Wildman–Crippen LogP) is 10.4. The van der Waals surface area contributed by atoms with Gasteiger partial charge >= 0.3 is 0 Å². The summed E-state index contributed by atoms with van der Waals surface area (Å²) in [5.41, 5.74) is 19.8. The fourth-order valence-electron chi connectivity index (χ4n) is 10.4. The van der Waals surface area contributed by atoms with E-state index in [0.717, 1.165) is 0 Å². The number of fused-ring (bicyclic) bond motifs is 7. The van der Waals surface area contributed by atoms with Crippen molar-refractivity contribution in [3.8, 4) is 0 Å². The molecule has 0 saturated heterocycles. The molecule has 3 aliphatic heterocycles. The van der Waals surface area contributed by atoms with Gasteiger partial charge in [0.05, 0.1) is 11.2 Å². The van der Waals surface area contributed by atoms with E-state index in [1.165, 1.54) is 104 Å². The van der Waals surface area contributed by atoms with Crippen LogP contribution in [0.1, 0.15) is 61.8 Å². The SMILES string of the molecule is Cc1cccc(N(c2cccc(C)c2)c2cc3c4c(c2)N2c5c(cc(C)cc5C5(C)CCCCC25C)B4c2ccccc2N3c2ccccc2)c1. The zero-order chi connectivity index (χ0) is 34.6. The molecule has 4 aliphatic rings. The lowest BCUT2D eigenvalue weighted by Gasteiger charge is -2.53. The van der Waals surface area contributed by atoms with E-state index in [-0.39, 0.29) is 17.7 Å². The van der Waals surface area contributed by atoms with E-state index < -0.39 is 0 Å². The Labute approximate surface area is 303 Å². The average molecular weight is 662 g/mol. The van der Waals surface area contributed by atoms with Crippen molar-refractivity contribution in [1.29, 1.82) is 0 Å². The Morgan fingerprint density at radius 3 is 1.96 bits per heavy atom. The Hall–Kier alpha value is -5.22. The summed E-state index contributed by atoms with van der Waals surface area (Å²) < 4.78 is 0. The van der Waals surface area contributed by atoms with E-state index in [1.807, 2.05) is 0 Å². The molecular formula is C47H44BN3. The molecular weight excluding hydrogens is 617 g/mol. The van der Waals surface area contributed by atoms with E-state index in [2.05, 4.69) is 177 Å². The van der Waals surface area contributed by atoms with Gasteiger partial charge in [0.1, 0.15) is 0 Å². The van der Waals surface area contributed by atoms with Gasteiger partial charge in [-0.05, 0) is 128 Å². The molecule has 0 spiro atoms. The van der Waals surface area contributed by atoms with Crippen molar-refractivity contribution < 1.29 is 0 Å². The zero-order valence-corrected chi connectivity index (χ0v) is 30.4. The standard InChI is InChI=1S/C47H44BN3/c1-31-15-13-19-35(25-31)49(36-20-14-16-32(2)26-36)37-29-42-44-43(30-37)51-45-38(46(4)23-11-12-24-47(46,51)5)27-33(3)28-40(45)48(44)39-21-9-10-22-41(39)50(42)34-17-7-6-8-18-34/h6-10,13-22,25-30H,11-12,23-24H2,1-5H3. The fourth-order valence-corrected chi connectivity index (χ4v) is 10.4. The quantitative estimate of drug-likeness (QED) is 0.174. The maximum absolute atomic E-state index is 2.84. The second-order valence-corrected chi connectivity index (χ2v) is 16.0. The van der Waals surface area contributed by atoms with E-state index in [1.54, 1.807) is 5.56 Å². The minimum Gasteiger partial charge on any atom is -0.335 e. The normalized spacial score (nSPS) is 20.8. The summed E-state index contributed by atoms with van der Waals surface area (Å²) in [6.45, 7) is 12.0. The number of benzene rings is 6. The molecule has 2 atom stereocenters. The molecule has 6 aromatic carbocycles. The first-order chi connectivity index (χ1) is 24.8. The molecule has 4 heteroatoms. The minimum atomic E-state index is -0.0421. The van der Waals surface area contributed by atoms with Crippen molar-refractivity contribution in [3.05, 3.63) is 150 Å². The molecule has 250 valence electrons. The number of para-hydroxylation sites is 2. The highest BCUT2D eigenvalue weighted by atomic mass is 15.3. The maximum atomic E-state index is 2.84. The van der Waals surface area contributed by atoms with Gasteiger partial charge in [-0.1, -0.05) is 98.1 Å². The summed E-state index contributed by atoms with van der Waals surface area (Å²) in [6, 6.07) is 48.2. The summed E-state index contributed by atoms with van der Waals surface area (Å²) in [5, 5.41) is 0. The number of anilines is 8. The van der Waals surface area contributed by atoms with Crippen LogP contribution in [0.15, 0.2) is 127 Å². The Kier molecular flexibility index (Phi) is 6.53. The Bertz CT molecular complexity index is 2340. The summed E-state index contributed by atoms with van der Waals surface area (Å²) in [6.07, 6.45) is 4.93. The molecule has 1 fully saturated rings. The van der Waals surface area contributed by atoms with Crippen molar-refractivity contribution in [2.75, 3.05) is 14.7 Å². The van der Waals surface area contributed by atoms with E-state index >= 15 is 0 Å². The van der Waals surface area contributed by atoms with Gasteiger partial charge in [0, 0.05) is 45.2 Å². The van der Waals surface area contributed by atoms with Gasteiger partial charge in [-0.15, -0.1) is 0 Å². The number of hydrogen-bond acceptors (Lipinski definition) is 3. The second kappa shape index (κ2) is 10.9. The first-order valence-corrected chi connectivity index (χ1v) is 18.8. The molecule has 0 amide bonds. The highest BCUT2D eigenvalue weighted by molar-refractivity contribution is 7.00. The largest absolute Gasteiger partial charge is 0.335 e. The van der Waals surface area contributed by atoms with Crippen LogP contribution in [-0.2, 0) is 5.41 Å². The van der Waals surface area contributed by atoms with Gasteiger partial charge in [0.15, 0.2) is 0 Å². The summed E-state index contributed by atoms with van der Waals surface area (Å²) >= 11 is 0. The van der Waals surface area contributed by atoms with Crippen LogP contribution in [0.2, 0.25) is 0 Å².